The van der Waals surface area contributed by atoms with Gasteiger partial charge in [0.05, 0.1) is 4.90 Å². The van der Waals surface area contributed by atoms with Crippen molar-refractivity contribution in [3.8, 4) is 0 Å². The van der Waals surface area contributed by atoms with Crippen LogP contribution in [0.5, 0.6) is 0 Å². The topological polar surface area (TPSA) is 108 Å². The van der Waals surface area contributed by atoms with Crippen LogP contribution in [-0.2, 0) is 10.0 Å². The van der Waals surface area contributed by atoms with Crippen molar-refractivity contribution < 1.29 is 13.2 Å². The van der Waals surface area contributed by atoms with E-state index >= 15 is 0 Å². The van der Waals surface area contributed by atoms with Gasteiger partial charge in [0.1, 0.15) is 5.84 Å². The van der Waals surface area contributed by atoms with Gasteiger partial charge in [-0.2, -0.15) is 4.31 Å². The molecule has 1 aliphatic heterocycles. The molecule has 0 saturated carbocycles. The van der Waals surface area contributed by atoms with Gasteiger partial charge in [-0.3, -0.25) is 10.2 Å². The van der Waals surface area contributed by atoms with E-state index in [1.165, 1.54) is 10.4 Å². The number of sulfonamides is 1. The number of hydrogen-bond donors (Lipinski definition) is 2. The molecule has 1 amide bonds. The molecule has 1 heterocycles. The molecule has 1 aliphatic rings. The monoisotopic (exact) mass is 420 g/mol. The van der Waals surface area contributed by atoms with Crippen LogP contribution in [0.4, 0.5) is 0 Å². The number of hydrogen-bond acceptors (Lipinski definition) is 4. The molecule has 3 rings (SSSR count). The van der Waals surface area contributed by atoms with E-state index in [-0.39, 0.29) is 29.7 Å². The first-order valence-corrected chi connectivity index (χ1v) is 10.5. The second-order valence-electron chi connectivity index (χ2n) is 6.60. The lowest BCUT2D eigenvalue weighted by atomic mass is 10.1. The fraction of sp³-hybridized carbons (Fsp3) is 0.263. The Labute approximate surface area is 169 Å². The Morgan fingerprint density at radius 3 is 2.14 bits per heavy atom. The number of amidine groups is 1. The van der Waals surface area contributed by atoms with E-state index < -0.39 is 10.0 Å². The van der Waals surface area contributed by atoms with Crippen molar-refractivity contribution in [3.63, 3.8) is 0 Å². The average molecular weight is 421 g/mol. The summed E-state index contributed by atoms with van der Waals surface area (Å²) in [5, 5.41) is 7.80. The van der Waals surface area contributed by atoms with Crippen LogP contribution < -0.4 is 5.73 Å². The van der Waals surface area contributed by atoms with Gasteiger partial charge in [0.2, 0.25) is 10.0 Å². The lowest BCUT2D eigenvalue weighted by Crippen LogP contribution is -2.50. The van der Waals surface area contributed by atoms with E-state index in [0.29, 0.717) is 29.2 Å². The third-order valence-electron chi connectivity index (χ3n) is 4.75. The summed E-state index contributed by atoms with van der Waals surface area (Å²) in [6.45, 7) is 2.83. The van der Waals surface area contributed by atoms with Gasteiger partial charge in [0, 0.05) is 42.3 Å². The van der Waals surface area contributed by atoms with Crippen LogP contribution in [0, 0.1) is 12.3 Å². The Bertz CT molecular complexity index is 1010. The zero-order chi connectivity index (χ0) is 20.5. The highest BCUT2D eigenvalue weighted by molar-refractivity contribution is 7.89. The molecule has 28 heavy (non-hydrogen) atoms. The number of nitrogen functional groups attached to an aromatic ring is 1. The molecule has 0 spiro atoms. The molecule has 0 aromatic heterocycles. The Morgan fingerprint density at radius 2 is 1.61 bits per heavy atom. The summed E-state index contributed by atoms with van der Waals surface area (Å²) in [6, 6.07) is 11.2. The number of carbonyl (C=O) groups excluding carboxylic acids is 1. The molecule has 1 fully saturated rings. The van der Waals surface area contributed by atoms with E-state index in [4.69, 9.17) is 22.7 Å². The molecule has 0 bridgehead atoms. The minimum absolute atomic E-state index is 0.0611. The third-order valence-corrected chi connectivity index (χ3v) is 7.05. The predicted molar refractivity (Wildman–Crippen MR) is 108 cm³/mol. The summed E-state index contributed by atoms with van der Waals surface area (Å²) in [6.07, 6.45) is 0. The summed E-state index contributed by atoms with van der Waals surface area (Å²) < 4.78 is 27.0. The maximum Gasteiger partial charge on any atom is 0.253 e. The normalized spacial score (nSPS) is 15.4. The molecular weight excluding hydrogens is 400 g/mol. The van der Waals surface area contributed by atoms with Gasteiger partial charge in [-0.05, 0) is 36.8 Å². The summed E-state index contributed by atoms with van der Waals surface area (Å²) >= 11 is 6.07. The van der Waals surface area contributed by atoms with Crippen molar-refractivity contribution >= 4 is 33.4 Å². The molecule has 1 saturated heterocycles. The lowest BCUT2D eigenvalue weighted by Gasteiger charge is -2.34. The number of piperazine rings is 1. The SMILES string of the molecule is Cc1ccc(S(=O)(=O)N2CCN(C(=O)c3ccc(C(=N)N)cc3)CC2)cc1Cl. The number of amides is 1. The number of aryl methyl sites for hydroxylation is 1. The number of nitrogens with two attached hydrogens (primary N) is 1. The number of halogens is 1. The van der Waals surface area contributed by atoms with Gasteiger partial charge in [-0.25, -0.2) is 8.42 Å². The Balaban J connectivity index is 1.68. The van der Waals surface area contributed by atoms with Crippen LogP contribution in [0.3, 0.4) is 0 Å². The minimum atomic E-state index is -3.66. The predicted octanol–water partition coefficient (Wildman–Crippen LogP) is 2.08. The summed E-state index contributed by atoms with van der Waals surface area (Å²) in [5.41, 5.74) is 7.26. The highest BCUT2D eigenvalue weighted by atomic mass is 35.5. The number of nitrogens with zero attached hydrogens (tertiary/aromatic N) is 2. The number of carbonyl (C=O) groups is 1. The van der Waals surface area contributed by atoms with Crippen LogP contribution >= 0.6 is 11.6 Å². The largest absolute Gasteiger partial charge is 0.384 e. The van der Waals surface area contributed by atoms with E-state index in [1.54, 1.807) is 41.3 Å². The third kappa shape index (κ3) is 4.04. The van der Waals surface area contributed by atoms with E-state index in [9.17, 15) is 13.2 Å². The molecule has 0 unspecified atom stereocenters. The minimum Gasteiger partial charge on any atom is -0.384 e. The number of rotatable bonds is 4. The molecule has 9 heteroatoms. The smallest absolute Gasteiger partial charge is 0.253 e. The van der Waals surface area contributed by atoms with Gasteiger partial charge < -0.3 is 10.6 Å². The zero-order valence-electron chi connectivity index (χ0n) is 15.4. The number of nitrogens with one attached hydrogen (secondary N) is 1. The fourth-order valence-corrected chi connectivity index (χ4v) is 4.68. The van der Waals surface area contributed by atoms with Gasteiger partial charge in [-0.15, -0.1) is 0 Å². The maximum atomic E-state index is 12.8. The first-order valence-electron chi connectivity index (χ1n) is 8.70. The molecule has 2 aromatic rings. The van der Waals surface area contributed by atoms with E-state index in [1.807, 2.05) is 6.92 Å². The molecule has 0 aliphatic carbocycles. The van der Waals surface area contributed by atoms with Crippen molar-refractivity contribution in [2.75, 3.05) is 26.2 Å². The molecule has 148 valence electrons. The molecule has 0 radical (unpaired) electrons. The molecular formula is C19H21ClN4O3S. The van der Waals surface area contributed by atoms with Gasteiger partial charge in [0.25, 0.3) is 5.91 Å². The van der Waals surface area contributed by atoms with Crippen molar-refractivity contribution in [1.82, 2.24) is 9.21 Å². The van der Waals surface area contributed by atoms with Crippen molar-refractivity contribution in [2.24, 2.45) is 5.73 Å². The summed E-state index contributed by atoms with van der Waals surface area (Å²) in [7, 11) is -3.66. The Kier molecular flexibility index (Phi) is 5.74. The van der Waals surface area contributed by atoms with Gasteiger partial charge >= 0.3 is 0 Å². The second-order valence-corrected chi connectivity index (χ2v) is 8.94. The average Bonchev–Trinajstić information content (AvgIpc) is 2.69. The maximum absolute atomic E-state index is 12.8. The fourth-order valence-electron chi connectivity index (χ4n) is 2.99. The quantitative estimate of drug-likeness (QED) is 0.583. The Hall–Kier alpha value is -2.42. The standard InChI is InChI=1S/C19H21ClN4O3S/c1-13-2-7-16(12-17(13)20)28(26,27)24-10-8-23(9-11-24)19(25)15-5-3-14(4-6-15)18(21)22/h2-7,12H,8-11H2,1H3,(H3,21,22). The number of benzene rings is 2. The first kappa shape index (κ1) is 20.3. The lowest BCUT2D eigenvalue weighted by molar-refractivity contribution is 0.0698. The van der Waals surface area contributed by atoms with E-state index in [2.05, 4.69) is 0 Å². The highest BCUT2D eigenvalue weighted by Crippen LogP contribution is 2.24. The molecule has 3 N–H and O–H groups in total. The van der Waals surface area contributed by atoms with Gasteiger partial charge in [0.15, 0.2) is 0 Å². The second kappa shape index (κ2) is 7.90. The molecule has 2 aromatic carbocycles. The van der Waals surface area contributed by atoms with Gasteiger partial charge in [-0.1, -0.05) is 29.8 Å². The Morgan fingerprint density at radius 1 is 1.04 bits per heavy atom. The van der Waals surface area contributed by atoms with Crippen LogP contribution in [0.25, 0.3) is 0 Å². The summed E-state index contributed by atoms with van der Waals surface area (Å²) in [4.78, 5) is 14.4. The van der Waals surface area contributed by atoms with Crippen molar-refractivity contribution in [3.05, 3.63) is 64.2 Å². The molecule has 7 nitrogen and oxygen atoms in total. The van der Waals surface area contributed by atoms with E-state index in [0.717, 1.165) is 5.56 Å². The molecule has 0 atom stereocenters. The van der Waals surface area contributed by atoms with Crippen LogP contribution in [0.15, 0.2) is 47.4 Å². The summed E-state index contributed by atoms with van der Waals surface area (Å²) in [5.74, 6) is -0.237. The first-order chi connectivity index (χ1) is 13.2. The van der Waals surface area contributed by atoms with Crippen molar-refractivity contribution in [1.29, 1.82) is 5.41 Å². The highest BCUT2D eigenvalue weighted by Gasteiger charge is 2.30. The zero-order valence-corrected chi connectivity index (χ0v) is 16.9. The van der Waals surface area contributed by atoms with Crippen LogP contribution in [0.2, 0.25) is 5.02 Å². The van der Waals surface area contributed by atoms with Crippen LogP contribution in [0.1, 0.15) is 21.5 Å². The van der Waals surface area contributed by atoms with Crippen LogP contribution in [-0.4, -0.2) is 55.5 Å². The van der Waals surface area contributed by atoms with Crippen molar-refractivity contribution in [2.45, 2.75) is 11.8 Å².